The second kappa shape index (κ2) is 15.6. The lowest BCUT2D eigenvalue weighted by Crippen LogP contribution is -2.35. The molecule has 0 saturated carbocycles. The van der Waals surface area contributed by atoms with E-state index in [2.05, 4.69) is 48.1 Å². The maximum Gasteiger partial charge on any atom is 0.332 e. The quantitative estimate of drug-likeness (QED) is 0.0946. The van der Waals surface area contributed by atoms with Gasteiger partial charge in [-0.05, 0) is 61.8 Å². The molecular formula is C36H33ClFIN6O5S. The van der Waals surface area contributed by atoms with Gasteiger partial charge in [0.2, 0.25) is 0 Å². The fraction of sp³-hybridized carbons (Fsp3) is 0.278. The number of urea groups is 1. The molecule has 5 aromatic rings. The van der Waals surface area contributed by atoms with E-state index < -0.39 is 11.9 Å². The fourth-order valence-electron chi connectivity index (χ4n) is 6.15. The summed E-state index contributed by atoms with van der Waals surface area (Å²) in [6.07, 6.45) is 5.05. The first kappa shape index (κ1) is 35.2. The number of anilines is 4. The van der Waals surface area contributed by atoms with Gasteiger partial charge in [-0.1, -0.05) is 52.7 Å². The van der Waals surface area contributed by atoms with E-state index in [-0.39, 0.29) is 23.1 Å². The molecule has 2 aromatic heterocycles. The Kier molecular flexibility index (Phi) is 10.7. The summed E-state index contributed by atoms with van der Waals surface area (Å²) in [6.45, 7) is 3.66. The number of nitrogens with zero attached hydrogens (tertiary/aromatic N) is 4. The number of nitrogens with one attached hydrogen (secondary N) is 2. The summed E-state index contributed by atoms with van der Waals surface area (Å²) >= 11 is 10.1. The minimum absolute atomic E-state index is 0.111. The minimum atomic E-state index is -0.567. The lowest BCUT2D eigenvalue weighted by molar-refractivity contribution is 0.103. The largest absolute Gasteiger partial charge is 0.493 e. The van der Waals surface area contributed by atoms with Crippen molar-refractivity contribution in [1.29, 1.82) is 0 Å². The second-order valence-corrected chi connectivity index (χ2v) is 14.2. The molecule has 2 aliphatic rings. The van der Waals surface area contributed by atoms with E-state index in [1.165, 1.54) is 42.6 Å². The van der Waals surface area contributed by atoms with E-state index in [4.69, 9.17) is 25.8 Å². The molecule has 11 nitrogen and oxygen atoms in total. The summed E-state index contributed by atoms with van der Waals surface area (Å²) in [5, 5.41) is 6.59. The van der Waals surface area contributed by atoms with Crippen LogP contribution in [0.1, 0.15) is 40.1 Å². The normalized spacial score (nSPS) is 14.4. The first-order valence-electron chi connectivity index (χ1n) is 16.3. The van der Waals surface area contributed by atoms with Crippen LogP contribution in [-0.2, 0) is 11.0 Å². The Morgan fingerprint density at radius 2 is 1.90 bits per heavy atom. The van der Waals surface area contributed by atoms with Gasteiger partial charge in [-0.25, -0.2) is 24.1 Å². The predicted molar refractivity (Wildman–Crippen MR) is 205 cm³/mol. The minimum Gasteiger partial charge on any atom is -0.493 e. The van der Waals surface area contributed by atoms with E-state index in [1.54, 1.807) is 49.6 Å². The van der Waals surface area contributed by atoms with Crippen molar-refractivity contribution in [3.8, 4) is 17.2 Å². The zero-order valence-corrected chi connectivity index (χ0v) is 31.2. The molecule has 3 aromatic carbocycles. The highest BCUT2D eigenvalue weighted by molar-refractivity contribution is 14.1. The van der Waals surface area contributed by atoms with E-state index in [1.807, 2.05) is 0 Å². The van der Waals surface area contributed by atoms with E-state index in [0.29, 0.717) is 66.1 Å². The van der Waals surface area contributed by atoms with Gasteiger partial charge in [0.05, 0.1) is 28.9 Å². The number of rotatable bonds is 12. The van der Waals surface area contributed by atoms with Gasteiger partial charge < -0.3 is 24.8 Å². The van der Waals surface area contributed by atoms with Crippen molar-refractivity contribution < 1.29 is 28.2 Å². The average Bonchev–Trinajstić information content (AvgIpc) is 3.51. The molecule has 2 N–H and O–H groups in total. The van der Waals surface area contributed by atoms with Crippen molar-refractivity contribution in [3.63, 3.8) is 0 Å². The van der Waals surface area contributed by atoms with Crippen molar-refractivity contribution >= 4 is 90.6 Å². The SMILES string of the molecule is COc1cc(NC(=O)c2sc3ncnc4c3c2NC(=O)N4c2cc(OCc3cccc(F)c3)c(CI)cc2Cl)ccc1OCCN1CCCCC1. The number of benzene rings is 3. The number of alkyl halides is 1. The number of likely N-dealkylation sites (tertiary alicyclic amines) is 1. The number of hydrogen-bond donors (Lipinski definition) is 2. The zero-order valence-electron chi connectivity index (χ0n) is 27.5. The molecule has 15 heteroatoms. The standard InChI is InChI=1S/C36H33ClFIN6O5S/c1-48-29-16-24(8-9-27(29)49-13-12-44-10-3-2-4-11-44)42-34(46)32-31-30-33(40-20-41-35(30)51-32)45(36(47)43-31)26-17-28(22(18-39)15-25(26)37)50-19-21-6-5-7-23(38)14-21/h5-9,14-17,20H,2-4,10-13,18-19H2,1H3,(H,42,46)(H,43,47). The Labute approximate surface area is 316 Å². The number of piperidine rings is 1. The molecule has 4 heterocycles. The number of carbonyl (C=O) groups excluding carboxylic acids is 2. The number of methoxy groups -OCH3 is 1. The highest BCUT2D eigenvalue weighted by Crippen LogP contribution is 2.47. The number of ether oxygens (including phenoxy) is 3. The summed E-state index contributed by atoms with van der Waals surface area (Å²) < 4.78 is 32.1. The lowest BCUT2D eigenvalue weighted by Gasteiger charge is -2.28. The summed E-state index contributed by atoms with van der Waals surface area (Å²) in [4.78, 5) is 40.9. The Morgan fingerprint density at radius 1 is 1.06 bits per heavy atom. The van der Waals surface area contributed by atoms with E-state index in [0.717, 1.165) is 36.5 Å². The topological polar surface area (TPSA) is 118 Å². The highest BCUT2D eigenvalue weighted by atomic mass is 127. The third-order valence-electron chi connectivity index (χ3n) is 8.65. The van der Waals surface area contributed by atoms with Crippen LogP contribution in [0.5, 0.6) is 17.2 Å². The molecule has 0 aliphatic carbocycles. The van der Waals surface area contributed by atoms with E-state index in [9.17, 15) is 14.0 Å². The second-order valence-electron chi connectivity index (χ2n) is 12.0. The van der Waals surface area contributed by atoms with Gasteiger partial charge in [-0.3, -0.25) is 9.69 Å². The van der Waals surface area contributed by atoms with Crippen LogP contribution in [0.15, 0.2) is 60.9 Å². The number of carbonyl (C=O) groups is 2. The van der Waals surface area contributed by atoms with Gasteiger partial charge in [0, 0.05) is 34.4 Å². The molecule has 7 rings (SSSR count). The van der Waals surface area contributed by atoms with Gasteiger partial charge in [0.25, 0.3) is 5.91 Å². The summed E-state index contributed by atoms with van der Waals surface area (Å²) in [5.41, 5.74) is 2.57. The maximum atomic E-state index is 13.8. The zero-order chi connectivity index (χ0) is 35.5. The number of amides is 3. The summed E-state index contributed by atoms with van der Waals surface area (Å²) in [7, 11) is 1.55. The van der Waals surface area contributed by atoms with Crippen LogP contribution < -0.4 is 29.7 Å². The van der Waals surface area contributed by atoms with Gasteiger partial charge in [0.15, 0.2) is 17.3 Å². The lowest BCUT2D eigenvalue weighted by atomic mass is 10.1. The highest BCUT2D eigenvalue weighted by Gasteiger charge is 2.35. The summed E-state index contributed by atoms with van der Waals surface area (Å²) in [5.74, 6) is 1.03. The fourth-order valence-corrected chi connectivity index (χ4v) is 8.01. The molecule has 3 amide bonds. The Balaban J connectivity index is 1.13. The van der Waals surface area contributed by atoms with Crippen molar-refractivity contribution in [1.82, 2.24) is 14.9 Å². The molecule has 1 fully saturated rings. The molecule has 0 spiro atoms. The number of aromatic nitrogens is 2. The van der Waals surface area contributed by atoms with Crippen molar-refractivity contribution in [2.75, 3.05) is 48.9 Å². The van der Waals surface area contributed by atoms with Gasteiger partial charge in [-0.2, -0.15) is 0 Å². The Bertz CT molecular complexity index is 2110. The molecular weight excluding hydrogens is 810 g/mol. The predicted octanol–water partition coefficient (Wildman–Crippen LogP) is 8.81. The smallest absolute Gasteiger partial charge is 0.332 e. The van der Waals surface area contributed by atoms with Crippen molar-refractivity contribution in [3.05, 3.63) is 87.8 Å². The first-order valence-corrected chi connectivity index (χ1v) is 19.0. The number of thiophene rings is 1. The van der Waals surface area contributed by atoms with Crippen LogP contribution in [0.4, 0.5) is 32.1 Å². The van der Waals surface area contributed by atoms with Crippen LogP contribution in [0.2, 0.25) is 5.02 Å². The van der Waals surface area contributed by atoms with Gasteiger partial charge >= 0.3 is 6.03 Å². The molecule has 0 bridgehead atoms. The van der Waals surface area contributed by atoms with Gasteiger partial charge in [-0.15, -0.1) is 11.3 Å². The average molecular weight is 843 g/mol. The molecule has 0 atom stereocenters. The molecule has 0 unspecified atom stereocenters. The first-order chi connectivity index (χ1) is 24.8. The maximum absolute atomic E-state index is 13.8. The molecule has 51 heavy (non-hydrogen) atoms. The Hall–Kier alpha value is -4.25. The van der Waals surface area contributed by atoms with E-state index >= 15 is 0 Å². The van der Waals surface area contributed by atoms with Crippen molar-refractivity contribution in [2.45, 2.75) is 30.3 Å². The van der Waals surface area contributed by atoms with Crippen molar-refractivity contribution in [2.24, 2.45) is 0 Å². The van der Waals surface area contributed by atoms with Gasteiger partial charge in [0.1, 0.15) is 40.8 Å². The summed E-state index contributed by atoms with van der Waals surface area (Å²) in [6, 6.07) is 14.2. The molecule has 0 radical (unpaired) electrons. The van der Waals surface area contributed by atoms with Crippen LogP contribution in [0.3, 0.4) is 0 Å². The molecule has 1 saturated heterocycles. The van der Waals surface area contributed by atoms with Crippen LogP contribution in [-0.4, -0.2) is 60.2 Å². The molecule has 264 valence electrons. The van der Waals surface area contributed by atoms with Crippen LogP contribution in [0, 0.1) is 5.82 Å². The monoisotopic (exact) mass is 842 g/mol. The third kappa shape index (κ3) is 7.54. The Morgan fingerprint density at radius 3 is 2.69 bits per heavy atom. The number of halogens is 3. The van der Waals surface area contributed by atoms with Crippen LogP contribution >= 0.6 is 45.5 Å². The molecule has 2 aliphatic heterocycles. The third-order valence-corrected chi connectivity index (χ3v) is 10.9. The number of hydrogen-bond acceptors (Lipinski definition) is 9. The van der Waals surface area contributed by atoms with Crippen LogP contribution in [0.25, 0.3) is 10.2 Å².